The van der Waals surface area contributed by atoms with Crippen LogP contribution in [0.4, 0.5) is 0 Å². The SMILES string of the molecule is CN(CCCN)Cc1cn(C)nn1. The Labute approximate surface area is 78.5 Å². The Morgan fingerprint density at radius 2 is 2.38 bits per heavy atom. The molecule has 0 atom stereocenters. The van der Waals surface area contributed by atoms with Gasteiger partial charge >= 0.3 is 0 Å². The van der Waals surface area contributed by atoms with E-state index in [1.807, 2.05) is 13.2 Å². The van der Waals surface area contributed by atoms with Gasteiger partial charge in [-0.1, -0.05) is 5.21 Å². The van der Waals surface area contributed by atoms with Gasteiger partial charge in [0.05, 0.1) is 5.69 Å². The summed E-state index contributed by atoms with van der Waals surface area (Å²) in [6.45, 7) is 2.59. The van der Waals surface area contributed by atoms with Gasteiger partial charge in [0.25, 0.3) is 0 Å². The van der Waals surface area contributed by atoms with E-state index in [-0.39, 0.29) is 0 Å². The van der Waals surface area contributed by atoms with Crippen molar-refractivity contribution < 1.29 is 0 Å². The van der Waals surface area contributed by atoms with Gasteiger partial charge in [-0.25, -0.2) is 0 Å². The van der Waals surface area contributed by atoms with E-state index < -0.39 is 0 Å². The van der Waals surface area contributed by atoms with Crippen LogP contribution >= 0.6 is 0 Å². The van der Waals surface area contributed by atoms with Gasteiger partial charge in [0.1, 0.15) is 0 Å². The van der Waals surface area contributed by atoms with Crippen molar-refractivity contribution >= 4 is 0 Å². The van der Waals surface area contributed by atoms with Gasteiger partial charge in [0.15, 0.2) is 0 Å². The molecular weight excluding hydrogens is 166 g/mol. The molecule has 13 heavy (non-hydrogen) atoms. The lowest BCUT2D eigenvalue weighted by Gasteiger charge is -2.13. The Morgan fingerprint density at radius 1 is 1.62 bits per heavy atom. The van der Waals surface area contributed by atoms with Crippen molar-refractivity contribution in [1.82, 2.24) is 19.9 Å². The third kappa shape index (κ3) is 3.52. The average molecular weight is 183 g/mol. The molecule has 0 saturated heterocycles. The highest BCUT2D eigenvalue weighted by Crippen LogP contribution is 1.97. The number of hydrogen-bond donors (Lipinski definition) is 1. The highest BCUT2D eigenvalue weighted by atomic mass is 15.4. The fourth-order valence-electron chi connectivity index (χ4n) is 1.18. The van der Waals surface area contributed by atoms with E-state index in [1.54, 1.807) is 4.68 Å². The number of hydrogen-bond acceptors (Lipinski definition) is 4. The molecule has 5 heteroatoms. The number of nitrogens with zero attached hydrogens (tertiary/aromatic N) is 4. The topological polar surface area (TPSA) is 60.0 Å². The number of rotatable bonds is 5. The van der Waals surface area contributed by atoms with Crippen molar-refractivity contribution in [3.05, 3.63) is 11.9 Å². The van der Waals surface area contributed by atoms with E-state index in [2.05, 4.69) is 22.3 Å². The smallest absolute Gasteiger partial charge is 0.0966 e. The van der Waals surface area contributed by atoms with Crippen molar-refractivity contribution in [2.45, 2.75) is 13.0 Å². The Balaban J connectivity index is 2.31. The predicted molar refractivity (Wildman–Crippen MR) is 51.0 cm³/mol. The summed E-state index contributed by atoms with van der Waals surface area (Å²) in [5.74, 6) is 0. The quantitative estimate of drug-likeness (QED) is 0.674. The van der Waals surface area contributed by atoms with Crippen molar-refractivity contribution in [3.8, 4) is 0 Å². The number of nitrogens with two attached hydrogens (primary N) is 1. The molecule has 0 aliphatic carbocycles. The summed E-state index contributed by atoms with van der Waals surface area (Å²) < 4.78 is 1.71. The lowest BCUT2D eigenvalue weighted by molar-refractivity contribution is 0.320. The molecule has 0 saturated carbocycles. The molecule has 0 spiro atoms. The Morgan fingerprint density at radius 3 is 2.92 bits per heavy atom. The number of aryl methyl sites for hydroxylation is 1. The van der Waals surface area contributed by atoms with Crippen LogP contribution < -0.4 is 5.73 Å². The van der Waals surface area contributed by atoms with Gasteiger partial charge in [-0.3, -0.25) is 4.68 Å². The fraction of sp³-hybridized carbons (Fsp3) is 0.750. The van der Waals surface area contributed by atoms with Gasteiger partial charge < -0.3 is 10.6 Å². The molecule has 0 unspecified atom stereocenters. The van der Waals surface area contributed by atoms with Crippen LogP contribution in [-0.4, -0.2) is 40.0 Å². The summed E-state index contributed by atoms with van der Waals surface area (Å²) in [6, 6.07) is 0. The molecule has 0 amide bonds. The molecule has 0 aliphatic heterocycles. The Kier molecular flexibility index (Phi) is 3.85. The molecule has 1 heterocycles. The van der Waals surface area contributed by atoms with E-state index in [0.29, 0.717) is 0 Å². The Bertz CT molecular complexity index is 244. The molecule has 74 valence electrons. The zero-order valence-corrected chi connectivity index (χ0v) is 8.27. The van der Waals surface area contributed by atoms with Crippen LogP contribution in [0.1, 0.15) is 12.1 Å². The average Bonchev–Trinajstić information content (AvgIpc) is 2.48. The fourth-order valence-corrected chi connectivity index (χ4v) is 1.18. The first kappa shape index (κ1) is 10.1. The monoisotopic (exact) mass is 183 g/mol. The summed E-state index contributed by atoms with van der Waals surface area (Å²) in [5.41, 5.74) is 6.42. The first-order valence-corrected chi connectivity index (χ1v) is 4.46. The van der Waals surface area contributed by atoms with Gasteiger partial charge in [-0.05, 0) is 26.6 Å². The lowest BCUT2D eigenvalue weighted by atomic mass is 10.3. The summed E-state index contributed by atoms with van der Waals surface area (Å²) >= 11 is 0. The first-order chi connectivity index (χ1) is 6.22. The maximum Gasteiger partial charge on any atom is 0.0966 e. The van der Waals surface area contributed by atoms with Crippen LogP contribution in [-0.2, 0) is 13.6 Å². The van der Waals surface area contributed by atoms with Crippen LogP contribution in [0.3, 0.4) is 0 Å². The van der Waals surface area contributed by atoms with Crippen LogP contribution in [0.2, 0.25) is 0 Å². The van der Waals surface area contributed by atoms with E-state index >= 15 is 0 Å². The van der Waals surface area contributed by atoms with Crippen LogP contribution in [0.15, 0.2) is 6.20 Å². The molecule has 0 aliphatic rings. The minimum atomic E-state index is 0.741. The Hall–Kier alpha value is -0.940. The van der Waals surface area contributed by atoms with Gasteiger partial charge in [0, 0.05) is 19.8 Å². The minimum Gasteiger partial charge on any atom is -0.330 e. The minimum absolute atomic E-state index is 0.741. The molecule has 2 N–H and O–H groups in total. The van der Waals surface area contributed by atoms with E-state index in [0.717, 1.165) is 31.7 Å². The summed E-state index contributed by atoms with van der Waals surface area (Å²) in [5, 5.41) is 7.87. The lowest BCUT2D eigenvalue weighted by Crippen LogP contribution is -2.21. The molecule has 1 aromatic rings. The standard InChI is InChI=1S/C8H17N5/c1-12(5-3-4-9)6-8-7-13(2)11-10-8/h7H,3-6,9H2,1-2H3. The van der Waals surface area contributed by atoms with E-state index in [4.69, 9.17) is 5.73 Å². The molecular formula is C8H17N5. The highest BCUT2D eigenvalue weighted by Gasteiger charge is 2.02. The normalized spacial score (nSPS) is 11.1. The van der Waals surface area contributed by atoms with Crippen LogP contribution in [0.25, 0.3) is 0 Å². The molecule has 1 rings (SSSR count). The largest absolute Gasteiger partial charge is 0.330 e. The predicted octanol–water partition coefficient (Wildman–Crippen LogP) is -0.404. The van der Waals surface area contributed by atoms with Crippen molar-refractivity contribution in [2.75, 3.05) is 20.1 Å². The summed E-state index contributed by atoms with van der Waals surface area (Å²) in [6.07, 6.45) is 2.95. The van der Waals surface area contributed by atoms with E-state index in [9.17, 15) is 0 Å². The van der Waals surface area contributed by atoms with Crippen LogP contribution in [0, 0.1) is 0 Å². The molecule has 5 nitrogen and oxygen atoms in total. The molecule has 0 aromatic carbocycles. The zero-order chi connectivity index (χ0) is 9.68. The second-order valence-electron chi connectivity index (χ2n) is 3.26. The molecule has 0 bridgehead atoms. The first-order valence-electron chi connectivity index (χ1n) is 4.46. The summed E-state index contributed by atoms with van der Waals surface area (Å²) in [7, 11) is 3.93. The molecule has 0 fully saturated rings. The second-order valence-corrected chi connectivity index (χ2v) is 3.26. The second kappa shape index (κ2) is 4.94. The van der Waals surface area contributed by atoms with Crippen molar-refractivity contribution in [2.24, 2.45) is 12.8 Å². The van der Waals surface area contributed by atoms with Crippen LogP contribution in [0.5, 0.6) is 0 Å². The van der Waals surface area contributed by atoms with Gasteiger partial charge in [-0.15, -0.1) is 5.10 Å². The van der Waals surface area contributed by atoms with Crippen molar-refractivity contribution in [3.63, 3.8) is 0 Å². The van der Waals surface area contributed by atoms with Crippen molar-refractivity contribution in [1.29, 1.82) is 0 Å². The zero-order valence-electron chi connectivity index (χ0n) is 8.27. The molecule has 0 radical (unpaired) electrons. The third-order valence-electron chi connectivity index (χ3n) is 1.83. The maximum atomic E-state index is 5.42. The van der Waals surface area contributed by atoms with Gasteiger partial charge in [-0.2, -0.15) is 0 Å². The number of aromatic nitrogens is 3. The highest BCUT2D eigenvalue weighted by molar-refractivity contribution is 4.90. The molecule has 1 aromatic heterocycles. The van der Waals surface area contributed by atoms with E-state index in [1.165, 1.54) is 0 Å². The maximum absolute atomic E-state index is 5.42. The van der Waals surface area contributed by atoms with Gasteiger partial charge in [0.2, 0.25) is 0 Å². The summed E-state index contributed by atoms with van der Waals surface area (Å²) in [4.78, 5) is 2.19. The third-order valence-corrected chi connectivity index (χ3v) is 1.83.